The van der Waals surface area contributed by atoms with Crippen LogP contribution in [0, 0.1) is 0 Å². The van der Waals surface area contributed by atoms with E-state index in [2.05, 4.69) is 9.97 Å². The van der Waals surface area contributed by atoms with E-state index in [-0.39, 0.29) is 4.90 Å². The first kappa shape index (κ1) is 10.7. The van der Waals surface area contributed by atoms with Gasteiger partial charge in [0.05, 0.1) is 10.6 Å². The normalized spacial score (nSPS) is 11.3. The molecule has 1 aromatic carbocycles. The van der Waals surface area contributed by atoms with Crippen molar-refractivity contribution in [1.82, 2.24) is 9.97 Å². The Morgan fingerprint density at radius 1 is 1.12 bits per heavy atom. The molecule has 2 rings (SSSR count). The van der Waals surface area contributed by atoms with Gasteiger partial charge >= 0.3 is 0 Å². The lowest BCUT2D eigenvalue weighted by molar-refractivity contribution is 0.598. The van der Waals surface area contributed by atoms with Crippen LogP contribution in [-0.2, 0) is 10.0 Å². The molecule has 0 spiro atoms. The van der Waals surface area contributed by atoms with Crippen molar-refractivity contribution in [3.05, 3.63) is 42.9 Å². The van der Waals surface area contributed by atoms with E-state index < -0.39 is 10.0 Å². The van der Waals surface area contributed by atoms with Gasteiger partial charge in [-0.3, -0.25) is 0 Å². The van der Waals surface area contributed by atoms with Gasteiger partial charge in [0, 0.05) is 11.8 Å². The molecule has 5 nitrogen and oxygen atoms in total. The smallest absolute Gasteiger partial charge is 0.238 e. The van der Waals surface area contributed by atoms with E-state index in [4.69, 9.17) is 5.14 Å². The number of sulfonamides is 1. The molecular formula is C10H9N3O2S. The van der Waals surface area contributed by atoms with Crippen LogP contribution < -0.4 is 5.14 Å². The molecule has 0 saturated carbocycles. The van der Waals surface area contributed by atoms with Gasteiger partial charge in [-0.25, -0.2) is 23.5 Å². The van der Waals surface area contributed by atoms with Crippen LogP contribution in [0.5, 0.6) is 0 Å². The number of benzene rings is 1. The van der Waals surface area contributed by atoms with Crippen LogP contribution in [-0.4, -0.2) is 18.4 Å². The Bertz CT molecular complexity index is 596. The minimum absolute atomic E-state index is 0.0636. The second kappa shape index (κ2) is 3.99. The standard InChI is InChI=1S/C10H9N3O2S/c11-16(14,15)10-4-2-1-3-8(10)9-5-6-12-7-13-9/h1-7H,(H2,11,14,15). The number of aromatic nitrogens is 2. The van der Waals surface area contributed by atoms with E-state index in [1.54, 1.807) is 30.5 Å². The summed E-state index contributed by atoms with van der Waals surface area (Å²) in [4.78, 5) is 7.83. The molecular weight excluding hydrogens is 226 g/mol. The van der Waals surface area contributed by atoms with E-state index >= 15 is 0 Å². The van der Waals surface area contributed by atoms with Crippen molar-refractivity contribution in [1.29, 1.82) is 0 Å². The molecule has 0 unspecified atom stereocenters. The lowest BCUT2D eigenvalue weighted by Crippen LogP contribution is -2.13. The predicted octanol–water partition coefficient (Wildman–Crippen LogP) is 0.791. The zero-order valence-electron chi connectivity index (χ0n) is 8.24. The van der Waals surface area contributed by atoms with Gasteiger partial charge in [0.25, 0.3) is 0 Å². The van der Waals surface area contributed by atoms with Crippen molar-refractivity contribution < 1.29 is 8.42 Å². The molecule has 0 atom stereocenters. The lowest BCUT2D eigenvalue weighted by Gasteiger charge is -2.05. The zero-order chi connectivity index (χ0) is 11.6. The van der Waals surface area contributed by atoms with Crippen LogP contribution in [0.15, 0.2) is 47.8 Å². The fraction of sp³-hybridized carbons (Fsp3) is 0. The van der Waals surface area contributed by atoms with E-state index in [1.807, 2.05) is 0 Å². The van der Waals surface area contributed by atoms with E-state index in [0.717, 1.165) is 0 Å². The third-order valence-corrected chi connectivity index (χ3v) is 3.02. The fourth-order valence-corrected chi connectivity index (χ4v) is 2.12. The summed E-state index contributed by atoms with van der Waals surface area (Å²) in [7, 11) is -3.74. The van der Waals surface area contributed by atoms with Gasteiger partial charge in [0.2, 0.25) is 10.0 Å². The first-order valence-electron chi connectivity index (χ1n) is 4.47. The Kier molecular flexibility index (Phi) is 2.67. The van der Waals surface area contributed by atoms with Crippen LogP contribution in [0.2, 0.25) is 0 Å². The summed E-state index contributed by atoms with van der Waals surface area (Å²) in [6, 6.07) is 8.08. The number of hydrogen-bond acceptors (Lipinski definition) is 4. The molecule has 0 amide bonds. The Labute approximate surface area is 93.0 Å². The first-order valence-corrected chi connectivity index (χ1v) is 6.02. The minimum Gasteiger partial charge on any atom is -0.245 e. The van der Waals surface area contributed by atoms with Crippen molar-refractivity contribution in [3.63, 3.8) is 0 Å². The van der Waals surface area contributed by atoms with Crippen LogP contribution >= 0.6 is 0 Å². The maximum atomic E-state index is 11.4. The molecule has 1 heterocycles. The highest BCUT2D eigenvalue weighted by Crippen LogP contribution is 2.23. The maximum Gasteiger partial charge on any atom is 0.238 e. The quantitative estimate of drug-likeness (QED) is 0.833. The van der Waals surface area contributed by atoms with Gasteiger partial charge in [0.15, 0.2) is 0 Å². The largest absolute Gasteiger partial charge is 0.245 e. The maximum absolute atomic E-state index is 11.4. The number of primary sulfonamides is 1. The summed E-state index contributed by atoms with van der Waals surface area (Å²) >= 11 is 0. The molecule has 1 aromatic heterocycles. The highest BCUT2D eigenvalue weighted by atomic mass is 32.2. The second-order valence-corrected chi connectivity index (χ2v) is 4.67. The number of nitrogens with two attached hydrogens (primary N) is 1. The Balaban J connectivity index is 2.68. The van der Waals surface area contributed by atoms with E-state index in [9.17, 15) is 8.42 Å². The molecule has 82 valence electrons. The third kappa shape index (κ3) is 2.07. The summed E-state index contributed by atoms with van der Waals surface area (Å²) in [5, 5.41) is 5.12. The number of hydrogen-bond donors (Lipinski definition) is 1. The summed E-state index contributed by atoms with van der Waals surface area (Å²) in [6.45, 7) is 0. The molecule has 0 aliphatic heterocycles. The van der Waals surface area contributed by atoms with Crippen LogP contribution in [0.1, 0.15) is 0 Å². The molecule has 0 saturated heterocycles. The van der Waals surface area contributed by atoms with Crippen LogP contribution in [0.4, 0.5) is 0 Å². The molecule has 0 aliphatic carbocycles. The average Bonchev–Trinajstić information content (AvgIpc) is 2.29. The molecule has 0 bridgehead atoms. The SMILES string of the molecule is NS(=O)(=O)c1ccccc1-c1ccncn1. The highest BCUT2D eigenvalue weighted by molar-refractivity contribution is 7.89. The molecule has 0 radical (unpaired) electrons. The minimum atomic E-state index is -3.74. The monoisotopic (exact) mass is 235 g/mol. The Hall–Kier alpha value is -1.79. The predicted molar refractivity (Wildman–Crippen MR) is 58.8 cm³/mol. The number of rotatable bonds is 2. The molecule has 0 aliphatic rings. The van der Waals surface area contributed by atoms with Crippen molar-refractivity contribution in [3.8, 4) is 11.3 Å². The summed E-state index contributed by atoms with van der Waals surface area (Å²) in [6.07, 6.45) is 2.90. The zero-order valence-corrected chi connectivity index (χ0v) is 9.05. The molecule has 16 heavy (non-hydrogen) atoms. The summed E-state index contributed by atoms with van der Waals surface area (Å²) in [5.74, 6) is 0. The van der Waals surface area contributed by atoms with Crippen LogP contribution in [0.3, 0.4) is 0 Å². The summed E-state index contributed by atoms with van der Waals surface area (Å²) in [5.41, 5.74) is 1.01. The Morgan fingerprint density at radius 2 is 1.88 bits per heavy atom. The topological polar surface area (TPSA) is 85.9 Å². The van der Waals surface area contributed by atoms with E-state index in [1.165, 1.54) is 12.4 Å². The molecule has 0 fully saturated rings. The Morgan fingerprint density at radius 3 is 2.50 bits per heavy atom. The number of nitrogens with zero attached hydrogens (tertiary/aromatic N) is 2. The van der Waals surface area contributed by atoms with Gasteiger partial charge < -0.3 is 0 Å². The van der Waals surface area contributed by atoms with Gasteiger partial charge in [-0.05, 0) is 12.1 Å². The molecule has 2 aromatic rings. The molecule has 6 heteroatoms. The lowest BCUT2D eigenvalue weighted by atomic mass is 10.1. The third-order valence-electron chi connectivity index (χ3n) is 2.05. The van der Waals surface area contributed by atoms with Gasteiger partial charge in [-0.15, -0.1) is 0 Å². The fourth-order valence-electron chi connectivity index (χ4n) is 1.38. The summed E-state index contributed by atoms with van der Waals surface area (Å²) < 4.78 is 22.7. The highest BCUT2D eigenvalue weighted by Gasteiger charge is 2.14. The molecule has 2 N–H and O–H groups in total. The second-order valence-electron chi connectivity index (χ2n) is 3.14. The van der Waals surface area contributed by atoms with Gasteiger partial charge in [0.1, 0.15) is 6.33 Å². The first-order chi connectivity index (χ1) is 7.59. The van der Waals surface area contributed by atoms with Crippen molar-refractivity contribution >= 4 is 10.0 Å². The van der Waals surface area contributed by atoms with Crippen molar-refractivity contribution in [2.75, 3.05) is 0 Å². The van der Waals surface area contributed by atoms with Crippen molar-refractivity contribution in [2.24, 2.45) is 5.14 Å². The van der Waals surface area contributed by atoms with Gasteiger partial charge in [-0.2, -0.15) is 0 Å². The van der Waals surface area contributed by atoms with Crippen molar-refractivity contribution in [2.45, 2.75) is 4.90 Å². The van der Waals surface area contributed by atoms with E-state index in [0.29, 0.717) is 11.3 Å². The average molecular weight is 235 g/mol. The van der Waals surface area contributed by atoms with Gasteiger partial charge in [-0.1, -0.05) is 18.2 Å². The van der Waals surface area contributed by atoms with Crippen LogP contribution in [0.25, 0.3) is 11.3 Å².